The third-order valence-electron chi connectivity index (χ3n) is 2.75. The van der Waals surface area contributed by atoms with Crippen molar-refractivity contribution in [1.82, 2.24) is 15.3 Å². The molecule has 0 bridgehead atoms. The summed E-state index contributed by atoms with van der Waals surface area (Å²) in [4.78, 5) is 22.4. The number of amides is 1. The second-order valence-corrected chi connectivity index (χ2v) is 5.29. The molecule has 6 heteroatoms. The Hall–Kier alpha value is -1.17. The van der Waals surface area contributed by atoms with Crippen molar-refractivity contribution < 1.29 is 4.79 Å². The summed E-state index contributed by atoms with van der Waals surface area (Å²) in [6.45, 7) is 5.44. The van der Waals surface area contributed by atoms with E-state index in [2.05, 4.69) is 31.2 Å². The molecule has 0 radical (unpaired) electrons. The molecular weight excluding hydrogens is 284 g/mol. The van der Waals surface area contributed by atoms with Crippen molar-refractivity contribution in [1.29, 1.82) is 0 Å². The minimum atomic E-state index is -0.190. The maximum absolute atomic E-state index is 11.9. The van der Waals surface area contributed by atoms with E-state index in [9.17, 15) is 4.79 Å². The van der Waals surface area contributed by atoms with Gasteiger partial charge in [0.05, 0.1) is 4.47 Å². The van der Waals surface area contributed by atoms with E-state index in [1.54, 1.807) is 12.4 Å². The molecule has 2 rings (SSSR count). The lowest BCUT2D eigenvalue weighted by molar-refractivity contribution is -0.124. The number of piperazine rings is 1. The summed E-state index contributed by atoms with van der Waals surface area (Å²) in [5.74, 6) is 0.891. The van der Waals surface area contributed by atoms with Crippen LogP contribution in [0.5, 0.6) is 0 Å². The van der Waals surface area contributed by atoms with Gasteiger partial charge in [0, 0.05) is 25.5 Å². The zero-order chi connectivity index (χ0) is 12.4. The Morgan fingerprint density at radius 1 is 1.47 bits per heavy atom. The summed E-state index contributed by atoms with van der Waals surface area (Å²) >= 11 is 3.30. The molecule has 0 aromatic carbocycles. The summed E-state index contributed by atoms with van der Waals surface area (Å²) in [7, 11) is 0. The summed E-state index contributed by atoms with van der Waals surface area (Å²) < 4.78 is 0.837. The van der Waals surface area contributed by atoms with Crippen molar-refractivity contribution in [3.05, 3.63) is 16.9 Å². The molecule has 92 valence electrons. The van der Waals surface area contributed by atoms with E-state index in [1.807, 2.05) is 18.7 Å². The van der Waals surface area contributed by atoms with Crippen molar-refractivity contribution >= 4 is 27.8 Å². The quantitative estimate of drug-likeness (QED) is 0.891. The Kier molecular flexibility index (Phi) is 3.61. The molecule has 1 N–H and O–H groups in total. The highest BCUT2D eigenvalue weighted by Crippen LogP contribution is 2.20. The number of carbonyl (C=O) groups is 1. The van der Waals surface area contributed by atoms with E-state index in [0.717, 1.165) is 11.0 Å². The number of carbonyl (C=O) groups excluding carboxylic acids is 1. The Bertz CT molecular complexity index is 406. The van der Waals surface area contributed by atoms with Crippen molar-refractivity contribution in [3.63, 3.8) is 0 Å². The van der Waals surface area contributed by atoms with Crippen LogP contribution in [0, 0.1) is 5.92 Å². The van der Waals surface area contributed by atoms with Crippen LogP contribution in [0.1, 0.15) is 13.8 Å². The van der Waals surface area contributed by atoms with Gasteiger partial charge in [0.2, 0.25) is 11.9 Å². The molecule has 1 aliphatic heterocycles. The Balaban J connectivity index is 2.28. The van der Waals surface area contributed by atoms with Gasteiger partial charge in [-0.3, -0.25) is 4.79 Å². The molecule has 1 atom stereocenters. The van der Waals surface area contributed by atoms with Crippen LogP contribution in [0.4, 0.5) is 5.95 Å². The molecule has 2 heterocycles. The Labute approximate surface area is 109 Å². The largest absolute Gasteiger partial charge is 0.353 e. The fraction of sp³-hybridized carbons (Fsp3) is 0.545. The molecular formula is C11H15BrN4O. The molecule has 17 heavy (non-hydrogen) atoms. The van der Waals surface area contributed by atoms with Gasteiger partial charge in [-0.25, -0.2) is 9.97 Å². The van der Waals surface area contributed by atoms with Gasteiger partial charge in [-0.2, -0.15) is 0 Å². The van der Waals surface area contributed by atoms with Gasteiger partial charge in [0.1, 0.15) is 6.04 Å². The molecule has 1 fully saturated rings. The average Bonchev–Trinajstić information content (AvgIpc) is 2.29. The van der Waals surface area contributed by atoms with Gasteiger partial charge in [0.25, 0.3) is 0 Å². The second kappa shape index (κ2) is 5.00. The van der Waals surface area contributed by atoms with Gasteiger partial charge in [-0.05, 0) is 21.8 Å². The Morgan fingerprint density at radius 2 is 2.12 bits per heavy atom. The summed E-state index contributed by atoms with van der Waals surface area (Å²) in [6, 6.07) is -0.190. The monoisotopic (exact) mass is 298 g/mol. The molecule has 1 aromatic rings. The zero-order valence-corrected chi connectivity index (χ0v) is 11.4. The molecule has 5 nitrogen and oxygen atoms in total. The minimum Gasteiger partial charge on any atom is -0.353 e. The Morgan fingerprint density at radius 3 is 2.71 bits per heavy atom. The number of hydrogen-bond acceptors (Lipinski definition) is 4. The lowest BCUT2D eigenvalue weighted by Crippen LogP contribution is -2.58. The number of nitrogens with one attached hydrogen (secondary N) is 1. The number of halogens is 1. The highest BCUT2D eigenvalue weighted by Gasteiger charge is 2.33. The molecule has 0 saturated carbocycles. The molecule has 0 aliphatic carbocycles. The number of rotatable bonds is 2. The van der Waals surface area contributed by atoms with E-state index >= 15 is 0 Å². The van der Waals surface area contributed by atoms with Gasteiger partial charge >= 0.3 is 0 Å². The van der Waals surface area contributed by atoms with Crippen LogP contribution in [0.3, 0.4) is 0 Å². The highest BCUT2D eigenvalue weighted by atomic mass is 79.9. The fourth-order valence-electron chi connectivity index (χ4n) is 2.03. The topological polar surface area (TPSA) is 58.1 Å². The normalized spacial score (nSPS) is 20.6. The molecule has 1 aliphatic rings. The van der Waals surface area contributed by atoms with Crippen molar-refractivity contribution in [2.24, 2.45) is 5.92 Å². The molecule has 1 saturated heterocycles. The number of anilines is 1. The maximum atomic E-state index is 11.9. The first-order valence-electron chi connectivity index (χ1n) is 5.61. The van der Waals surface area contributed by atoms with E-state index in [0.29, 0.717) is 12.5 Å². The number of hydrogen-bond donors (Lipinski definition) is 1. The van der Waals surface area contributed by atoms with Crippen molar-refractivity contribution in [3.8, 4) is 0 Å². The lowest BCUT2D eigenvalue weighted by Gasteiger charge is -2.37. The third-order valence-corrected chi connectivity index (χ3v) is 3.16. The summed E-state index contributed by atoms with van der Waals surface area (Å²) in [6.07, 6.45) is 3.40. The summed E-state index contributed by atoms with van der Waals surface area (Å²) in [5, 5.41) is 2.88. The first-order chi connectivity index (χ1) is 8.09. The minimum absolute atomic E-state index is 0.0535. The van der Waals surface area contributed by atoms with E-state index in [-0.39, 0.29) is 17.9 Å². The zero-order valence-electron chi connectivity index (χ0n) is 9.85. The highest BCUT2D eigenvalue weighted by molar-refractivity contribution is 9.10. The molecule has 1 amide bonds. The van der Waals surface area contributed by atoms with Gasteiger partial charge in [-0.15, -0.1) is 0 Å². The number of aromatic nitrogens is 2. The van der Waals surface area contributed by atoms with Gasteiger partial charge in [-0.1, -0.05) is 13.8 Å². The summed E-state index contributed by atoms with van der Waals surface area (Å²) in [5.41, 5.74) is 0. The van der Waals surface area contributed by atoms with Crippen molar-refractivity contribution in [2.75, 3.05) is 18.0 Å². The number of nitrogens with zero attached hydrogens (tertiary/aromatic N) is 3. The molecule has 1 aromatic heterocycles. The van der Waals surface area contributed by atoms with Crippen LogP contribution in [0.15, 0.2) is 16.9 Å². The van der Waals surface area contributed by atoms with Crippen LogP contribution in [0.2, 0.25) is 0 Å². The van der Waals surface area contributed by atoms with Crippen molar-refractivity contribution in [2.45, 2.75) is 19.9 Å². The fourth-order valence-corrected chi connectivity index (χ4v) is 2.23. The molecule has 0 unspecified atom stereocenters. The second-order valence-electron chi connectivity index (χ2n) is 4.37. The molecule has 0 spiro atoms. The van der Waals surface area contributed by atoms with E-state index < -0.39 is 0 Å². The maximum Gasteiger partial charge on any atom is 0.243 e. The predicted octanol–water partition coefficient (Wildman–Crippen LogP) is 1.20. The van der Waals surface area contributed by atoms with Gasteiger partial charge < -0.3 is 10.2 Å². The van der Waals surface area contributed by atoms with Crippen LogP contribution in [0.25, 0.3) is 0 Å². The smallest absolute Gasteiger partial charge is 0.243 e. The first kappa shape index (κ1) is 12.3. The van der Waals surface area contributed by atoms with Crippen LogP contribution in [-0.2, 0) is 4.79 Å². The lowest BCUT2D eigenvalue weighted by atomic mass is 10.0. The predicted molar refractivity (Wildman–Crippen MR) is 68.7 cm³/mol. The van der Waals surface area contributed by atoms with Crippen LogP contribution >= 0.6 is 15.9 Å². The van der Waals surface area contributed by atoms with Gasteiger partial charge in [0.15, 0.2) is 0 Å². The van der Waals surface area contributed by atoms with E-state index in [1.165, 1.54) is 0 Å². The average molecular weight is 299 g/mol. The standard InChI is InChI=1S/C11H15BrN4O/c1-7(2)9-10(17)13-3-4-16(9)11-14-5-8(12)6-15-11/h5-7,9H,3-4H2,1-2H3,(H,13,17)/t9-/m0/s1. The third kappa shape index (κ3) is 2.57. The van der Waals surface area contributed by atoms with Crippen LogP contribution < -0.4 is 10.2 Å². The SMILES string of the molecule is CC(C)[C@H]1C(=O)NCCN1c1ncc(Br)cn1. The van der Waals surface area contributed by atoms with Crippen LogP contribution in [-0.4, -0.2) is 35.0 Å². The first-order valence-corrected chi connectivity index (χ1v) is 6.41. The van der Waals surface area contributed by atoms with E-state index in [4.69, 9.17) is 0 Å².